The Labute approximate surface area is 133 Å². The quantitative estimate of drug-likeness (QED) is 0.844. The number of anilines is 2. The van der Waals surface area contributed by atoms with Crippen molar-refractivity contribution in [2.45, 2.75) is 45.1 Å². The Balaban J connectivity index is 1.97. The van der Waals surface area contributed by atoms with Crippen molar-refractivity contribution < 1.29 is 9.59 Å². The van der Waals surface area contributed by atoms with Crippen LogP contribution in [0.25, 0.3) is 0 Å². The molecule has 0 bridgehead atoms. The molecule has 0 spiro atoms. The Morgan fingerprint density at radius 2 is 2.14 bits per heavy atom. The molecule has 3 rings (SSSR count). The number of hydrogen-bond donors (Lipinski definition) is 1. The van der Waals surface area contributed by atoms with Gasteiger partial charge in [-0.25, -0.2) is 0 Å². The molecule has 4 nitrogen and oxygen atoms in total. The maximum Gasteiger partial charge on any atom is 0.296 e. The van der Waals surface area contributed by atoms with Crippen LogP contribution in [-0.2, 0) is 4.79 Å². The Hall–Kier alpha value is -1.36. The average Bonchev–Trinajstić information content (AvgIpc) is 2.75. The fourth-order valence-corrected chi connectivity index (χ4v) is 3.90. The van der Waals surface area contributed by atoms with Crippen LogP contribution in [0.1, 0.15) is 49.4 Å². The van der Waals surface area contributed by atoms with Crippen molar-refractivity contribution >= 4 is 39.0 Å². The number of halogens is 1. The van der Waals surface area contributed by atoms with Gasteiger partial charge < -0.3 is 10.2 Å². The summed E-state index contributed by atoms with van der Waals surface area (Å²) < 4.78 is 0.897. The molecule has 21 heavy (non-hydrogen) atoms. The standard InChI is InChI=1S/C16H19BrN2O2/c1-2-5-10-6-3-4-7-19(10)14-9-13-11(8-12(14)17)15(20)16(21)18-13/h8-10H,2-7H2,1H3,(H,18,20,21). The summed E-state index contributed by atoms with van der Waals surface area (Å²) in [5, 5.41) is 2.66. The number of nitrogens with zero attached hydrogens (tertiary/aromatic N) is 1. The zero-order valence-corrected chi connectivity index (χ0v) is 13.7. The van der Waals surface area contributed by atoms with Crippen LogP contribution in [0.3, 0.4) is 0 Å². The van der Waals surface area contributed by atoms with E-state index in [2.05, 4.69) is 33.1 Å². The SMILES string of the molecule is CCCC1CCCCN1c1cc2c(cc1Br)C(=O)C(=O)N2. The molecule has 1 saturated heterocycles. The summed E-state index contributed by atoms with van der Waals surface area (Å²) in [5.74, 6) is -0.973. The minimum Gasteiger partial charge on any atom is -0.368 e. The van der Waals surface area contributed by atoms with E-state index in [0.717, 1.165) is 16.7 Å². The van der Waals surface area contributed by atoms with Gasteiger partial charge in [0, 0.05) is 17.1 Å². The number of Topliss-reactive ketones (excluding diaryl/α,β-unsaturated/α-hetero) is 1. The number of benzene rings is 1. The van der Waals surface area contributed by atoms with E-state index in [-0.39, 0.29) is 0 Å². The van der Waals surface area contributed by atoms with E-state index in [9.17, 15) is 9.59 Å². The highest BCUT2D eigenvalue weighted by molar-refractivity contribution is 9.10. The van der Waals surface area contributed by atoms with Gasteiger partial charge in [0.1, 0.15) is 0 Å². The molecule has 1 atom stereocenters. The first-order valence-electron chi connectivity index (χ1n) is 7.57. The van der Waals surface area contributed by atoms with Crippen molar-refractivity contribution in [3.8, 4) is 0 Å². The molecule has 1 N–H and O–H groups in total. The van der Waals surface area contributed by atoms with Gasteiger partial charge in [0.2, 0.25) is 0 Å². The lowest BCUT2D eigenvalue weighted by Crippen LogP contribution is -2.39. The highest BCUT2D eigenvalue weighted by Crippen LogP contribution is 2.38. The van der Waals surface area contributed by atoms with E-state index in [1.807, 2.05) is 6.07 Å². The predicted molar refractivity (Wildman–Crippen MR) is 87.0 cm³/mol. The number of ketones is 1. The Bertz CT molecular complexity index is 598. The van der Waals surface area contributed by atoms with E-state index in [1.54, 1.807) is 6.07 Å². The summed E-state index contributed by atoms with van der Waals surface area (Å²) in [5.41, 5.74) is 2.20. The van der Waals surface area contributed by atoms with Crippen molar-refractivity contribution in [2.75, 3.05) is 16.8 Å². The topological polar surface area (TPSA) is 49.4 Å². The third kappa shape index (κ3) is 2.59. The lowest BCUT2D eigenvalue weighted by atomic mass is 9.97. The molecule has 2 heterocycles. The molecule has 1 amide bonds. The van der Waals surface area contributed by atoms with Crippen LogP contribution in [0.4, 0.5) is 11.4 Å². The molecule has 0 radical (unpaired) electrons. The van der Waals surface area contributed by atoms with E-state index in [4.69, 9.17) is 0 Å². The smallest absolute Gasteiger partial charge is 0.296 e. The fraction of sp³-hybridized carbons (Fsp3) is 0.500. The average molecular weight is 351 g/mol. The second kappa shape index (κ2) is 5.79. The third-order valence-electron chi connectivity index (χ3n) is 4.34. The number of rotatable bonds is 3. The summed E-state index contributed by atoms with van der Waals surface area (Å²) in [6.07, 6.45) is 6.02. The molecule has 1 aromatic rings. The monoisotopic (exact) mass is 350 g/mol. The molecular weight excluding hydrogens is 332 g/mol. The highest BCUT2D eigenvalue weighted by atomic mass is 79.9. The molecule has 0 aliphatic carbocycles. The summed E-state index contributed by atoms with van der Waals surface area (Å²) in [7, 11) is 0. The molecule has 1 fully saturated rings. The minimum atomic E-state index is -0.530. The van der Waals surface area contributed by atoms with Gasteiger partial charge in [-0.2, -0.15) is 0 Å². The molecule has 5 heteroatoms. The molecule has 0 aromatic heterocycles. The van der Waals surface area contributed by atoms with Gasteiger partial charge in [0.15, 0.2) is 0 Å². The molecule has 2 aliphatic heterocycles. The third-order valence-corrected chi connectivity index (χ3v) is 4.98. The van der Waals surface area contributed by atoms with Crippen LogP contribution in [0, 0.1) is 0 Å². The Morgan fingerprint density at radius 1 is 1.33 bits per heavy atom. The number of amides is 1. The maximum absolute atomic E-state index is 11.8. The van der Waals surface area contributed by atoms with Crippen LogP contribution >= 0.6 is 15.9 Å². The van der Waals surface area contributed by atoms with Gasteiger partial charge >= 0.3 is 0 Å². The first-order chi connectivity index (χ1) is 10.1. The van der Waals surface area contributed by atoms with Crippen LogP contribution in [0.2, 0.25) is 0 Å². The molecule has 1 unspecified atom stereocenters. The second-order valence-electron chi connectivity index (χ2n) is 5.76. The van der Waals surface area contributed by atoms with E-state index >= 15 is 0 Å². The van der Waals surface area contributed by atoms with Gasteiger partial charge in [-0.1, -0.05) is 13.3 Å². The van der Waals surface area contributed by atoms with Crippen molar-refractivity contribution in [2.24, 2.45) is 0 Å². The van der Waals surface area contributed by atoms with Crippen molar-refractivity contribution in [3.63, 3.8) is 0 Å². The number of carbonyl (C=O) groups excluding carboxylic acids is 2. The zero-order chi connectivity index (χ0) is 15.0. The molecule has 0 saturated carbocycles. The first kappa shape index (κ1) is 14.6. The van der Waals surface area contributed by atoms with Crippen LogP contribution in [0.15, 0.2) is 16.6 Å². The Morgan fingerprint density at radius 3 is 2.90 bits per heavy atom. The van der Waals surface area contributed by atoms with Crippen molar-refractivity contribution in [3.05, 3.63) is 22.2 Å². The molecule has 1 aromatic carbocycles. The van der Waals surface area contributed by atoms with Crippen LogP contribution in [0.5, 0.6) is 0 Å². The van der Waals surface area contributed by atoms with Crippen LogP contribution < -0.4 is 10.2 Å². The first-order valence-corrected chi connectivity index (χ1v) is 8.37. The number of hydrogen-bond acceptors (Lipinski definition) is 3. The van der Waals surface area contributed by atoms with E-state index < -0.39 is 11.7 Å². The highest BCUT2D eigenvalue weighted by Gasteiger charge is 2.31. The number of nitrogens with one attached hydrogen (secondary N) is 1. The second-order valence-corrected chi connectivity index (χ2v) is 6.62. The van der Waals surface area contributed by atoms with Gasteiger partial charge in [-0.05, 0) is 53.7 Å². The molecular formula is C16H19BrN2O2. The van der Waals surface area contributed by atoms with Gasteiger partial charge in [-0.3, -0.25) is 9.59 Å². The minimum absolute atomic E-state index is 0.444. The molecule has 2 aliphatic rings. The summed E-state index contributed by atoms with van der Waals surface area (Å²) >= 11 is 3.58. The Kier molecular flexibility index (Phi) is 4.02. The molecule has 112 valence electrons. The summed E-state index contributed by atoms with van der Waals surface area (Å²) in [4.78, 5) is 25.7. The fourth-order valence-electron chi connectivity index (χ4n) is 3.33. The lowest BCUT2D eigenvalue weighted by molar-refractivity contribution is -0.112. The van der Waals surface area contributed by atoms with Crippen LogP contribution in [-0.4, -0.2) is 24.3 Å². The normalized spacial score (nSPS) is 21.4. The summed E-state index contributed by atoms with van der Waals surface area (Å²) in [6.45, 7) is 3.24. The summed E-state index contributed by atoms with van der Waals surface area (Å²) in [6, 6.07) is 4.27. The van der Waals surface area contributed by atoms with Gasteiger partial charge in [-0.15, -0.1) is 0 Å². The number of carbonyl (C=O) groups is 2. The van der Waals surface area contributed by atoms with Gasteiger partial charge in [0.25, 0.3) is 11.7 Å². The predicted octanol–water partition coefficient (Wildman–Crippen LogP) is 3.74. The van der Waals surface area contributed by atoms with E-state index in [1.165, 1.54) is 32.1 Å². The van der Waals surface area contributed by atoms with Gasteiger partial charge in [0.05, 0.1) is 16.9 Å². The number of fused-ring (bicyclic) bond motifs is 1. The zero-order valence-electron chi connectivity index (χ0n) is 12.1. The number of piperidine rings is 1. The lowest BCUT2D eigenvalue weighted by Gasteiger charge is -2.38. The van der Waals surface area contributed by atoms with E-state index in [0.29, 0.717) is 17.3 Å². The van der Waals surface area contributed by atoms with Crippen molar-refractivity contribution in [1.29, 1.82) is 0 Å². The maximum atomic E-state index is 11.8. The van der Waals surface area contributed by atoms with Crippen molar-refractivity contribution in [1.82, 2.24) is 0 Å². The largest absolute Gasteiger partial charge is 0.368 e.